The smallest absolute Gasteiger partial charge is 0.319 e. The molecule has 0 radical (unpaired) electrons. The monoisotopic (exact) mass is 328 g/mol. The van der Waals surface area contributed by atoms with Gasteiger partial charge >= 0.3 is 6.03 Å². The number of ether oxygens (including phenoxy) is 1. The number of aliphatic hydroxyl groups is 1. The Morgan fingerprint density at radius 2 is 1.96 bits per heavy atom. The van der Waals surface area contributed by atoms with E-state index in [-0.39, 0.29) is 18.7 Å². The summed E-state index contributed by atoms with van der Waals surface area (Å²) in [6.45, 7) is 2.03. The molecule has 0 aliphatic heterocycles. The molecule has 0 fully saturated rings. The van der Waals surface area contributed by atoms with Crippen LogP contribution in [0.1, 0.15) is 30.0 Å². The molecule has 2 amide bonds. The van der Waals surface area contributed by atoms with Crippen molar-refractivity contribution in [1.29, 1.82) is 0 Å². The van der Waals surface area contributed by atoms with Crippen molar-refractivity contribution in [3.8, 4) is 5.75 Å². The average Bonchev–Trinajstić information content (AvgIpc) is 2.59. The minimum absolute atomic E-state index is 0.101. The first-order valence-corrected chi connectivity index (χ1v) is 8.02. The number of rotatable bonds is 7. The highest BCUT2D eigenvalue weighted by atomic mass is 16.5. The van der Waals surface area contributed by atoms with E-state index in [4.69, 9.17) is 9.84 Å². The van der Waals surface area contributed by atoms with Crippen molar-refractivity contribution in [2.75, 3.05) is 19.0 Å². The summed E-state index contributed by atoms with van der Waals surface area (Å²) < 4.78 is 5.22. The molecule has 0 heterocycles. The molecule has 2 aromatic rings. The number of methoxy groups -OCH3 is 1. The van der Waals surface area contributed by atoms with Gasteiger partial charge in [-0.25, -0.2) is 4.79 Å². The van der Waals surface area contributed by atoms with Gasteiger partial charge in [0, 0.05) is 12.3 Å². The zero-order valence-electron chi connectivity index (χ0n) is 14.1. The summed E-state index contributed by atoms with van der Waals surface area (Å²) in [6, 6.07) is 14.8. The molecule has 3 N–H and O–H groups in total. The van der Waals surface area contributed by atoms with E-state index >= 15 is 0 Å². The van der Waals surface area contributed by atoms with Crippen LogP contribution in [0.4, 0.5) is 10.5 Å². The van der Waals surface area contributed by atoms with Gasteiger partial charge in [-0.2, -0.15) is 0 Å². The molecule has 0 aromatic heterocycles. The number of nitrogens with one attached hydrogen (secondary N) is 2. The summed E-state index contributed by atoms with van der Waals surface area (Å²) in [5.74, 6) is 0.783. The van der Waals surface area contributed by atoms with E-state index in [1.54, 1.807) is 13.2 Å². The summed E-state index contributed by atoms with van der Waals surface area (Å²) in [4.78, 5) is 12.3. The van der Waals surface area contributed by atoms with Crippen molar-refractivity contribution in [3.63, 3.8) is 0 Å². The van der Waals surface area contributed by atoms with Gasteiger partial charge in [0.2, 0.25) is 0 Å². The number of amides is 2. The predicted octanol–water partition coefficient (Wildman–Crippen LogP) is 3.64. The highest BCUT2D eigenvalue weighted by Gasteiger charge is 2.14. The summed E-state index contributed by atoms with van der Waals surface area (Å²) in [6.07, 6.45) is 1.30. The summed E-state index contributed by atoms with van der Waals surface area (Å²) in [7, 11) is 1.62. The Labute approximate surface area is 142 Å². The van der Waals surface area contributed by atoms with Crippen molar-refractivity contribution in [3.05, 3.63) is 59.7 Å². The number of urea groups is 1. The Morgan fingerprint density at radius 3 is 2.58 bits per heavy atom. The van der Waals surface area contributed by atoms with Crippen molar-refractivity contribution < 1.29 is 14.6 Å². The minimum Gasteiger partial charge on any atom is -0.496 e. The Balaban J connectivity index is 2.03. The predicted molar refractivity (Wildman–Crippen MR) is 95.4 cm³/mol. The number of hydrogen-bond donors (Lipinski definition) is 3. The maximum atomic E-state index is 12.3. The molecule has 0 saturated carbocycles. The summed E-state index contributed by atoms with van der Waals surface area (Å²) in [5.41, 5.74) is 2.68. The molecule has 0 aliphatic rings. The fourth-order valence-electron chi connectivity index (χ4n) is 2.58. The van der Waals surface area contributed by atoms with Crippen LogP contribution in [0.5, 0.6) is 5.75 Å². The van der Waals surface area contributed by atoms with E-state index in [1.165, 1.54) is 0 Å². The third-order valence-electron chi connectivity index (χ3n) is 3.81. The molecule has 5 nitrogen and oxygen atoms in total. The average molecular weight is 328 g/mol. The van der Waals surface area contributed by atoms with Crippen LogP contribution in [-0.2, 0) is 0 Å². The zero-order valence-corrected chi connectivity index (χ0v) is 14.1. The highest BCUT2D eigenvalue weighted by Crippen LogP contribution is 2.22. The van der Waals surface area contributed by atoms with Crippen molar-refractivity contribution in [2.24, 2.45) is 0 Å². The van der Waals surface area contributed by atoms with Crippen molar-refractivity contribution in [2.45, 2.75) is 25.8 Å². The van der Waals surface area contributed by atoms with Crippen LogP contribution >= 0.6 is 0 Å². The normalized spacial score (nSPS) is 11.6. The number of benzene rings is 2. The van der Waals surface area contributed by atoms with E-state index in [9.17, 15) is 4.79 Å². The molecule has 0 spiro atoms. The topological polar surface area (TPSA) is 70.6 Å². The number of carbonyl (C=O) groups is 1. The second-order valence-electron chi connectivity index (χ2n) is 5.61. The van der Waals surface area contributed by atoms with Crippen LogP contribution in [0.3, 0.4) is 0 Å². The van der Waals surface area contributed by atoms with Crippen LogP contribution in [0.2, 0.25) is 0 Å². The van der Waals surface area contributed by atoms with Gasteiger partial charge in [-0.05, 0) is 49.1 Å². The van der Waals surface area contributed by atoms with E-state index in [0.29, 0.717) is 18.5 Å². The fourth-order valence-corrected chi connectivity index (χ4v) is 2.58. The van der Waals surface area contributed by atoms with E-state index < -0.39 is 0 Å². The molecule has 1 atom stereocenters. The molecular formula is C19H24N2O3. The van der Waals surface area contributed by atoms with E-state index in [2.05, 4.69) is 10.6 Å². The van der Waals surface area contributed by atoms with Gasteiger partial charge in [-0.3, -0.25) is 0 Å². The van der Waals surface area contributed by atoms with Gasteiger partial charge < -0.3 is 20.5 Å². The maximum Gasteiger partial charge on any atom is 0.319 e. The van der Waals surface area contributed by atoms with E-state index in [1.807, 2.05) is 49.4 Å². The Morgan fingerprint density at radius 1 is 1.21 bits per heavy atom. The van der Waals surface area contributed by atoms with Crippen molar-refractivity contribution in [1.82, 2.24) is 5.32 Å². The van der Waals surface area contributed by atoms with Crippen molar-refractivity contribution >= 4 is 11.7 Å². The van der Waals surface area contributed by atoms with Crippen LogP contribution in [-0.4, -0.2) is 24.9 Å². The van der Waals surface area contributed by atoms with Gasteiger partial charge in [0.15, 0.2) is 0 Å². The zero-order chi connectivity index (χ0) is 17.4. The molecule has 0 saturated heterocycles. The number of carbonyl (C=O) groups excluding carboxylic acids is 1. The number of aryl methyl sites for hydroxylation is 1. The molecular weight excluding hydrogens is 304 g/mol. The largest absolute Gasteiger partial charge is 0.496 e. The van der Waals surface area contributed by atoms with Gasteiger partial charge in [0.1, 0.15) is 5.75 Å². The third-order valence-corrected chi connectivity index (χ3v) is 3.81. The van der Waals surface area contributed by atoms with Crippen LogP contribution < -0.4 is 15.4 Å². The maximum absolute atomic E-state index is 12.3. The third kappa shape index (κ3) is 4.99. The molecule has 24 heavy (non-hydrogen) atoms. The van der Waals surface area contributed by atoms with Gasteiger partial charge in [0.25, 0.3) is 0 Å². The molecule has 1 unspecified atom stereocenters. The summed E-state index contributed by atoms with van der Waals surface area (Å²) in [5, 5.41) is 14.9. The number of aliphatic hydroxyl groups excluding tert-OH is 1. The number of hydrogen-bond acceptors (Lipinski definition) is 3. The van der Waals surface area contributed by atoms with Crippen LogP contribution in [0, 0.1) is 6.92 Å². The summed E-state index contributed by atoms with van der Waals surface area (Å²) >= 11 is 0. The second kappa shape index (κ2) is 8.93. The minimum atomic E-state index is -0.272. The molecule has 2 rings (SSSR count). The molecule has 0 bridgehead atoms. The molecule has 0 aliphatic carbocycles. The Kier molecular flexibility index (Phi) is 6.63. The number of anilines is 1. The van der Waals surface area contributed by atoms with E-state index in [0.717, 1.165) is 16.9 Å². The Hall–Kier alpha value is -2.53. The van der Waals surface area contributed by atoms with Crippen LogP contribution in [0.15, 0.2) is 48.5 Å². The SMILES string of the molecule is COc1ccc(NC(=O)NC(CCCO)c2ccccc2)cc1C. The van der Waals surface area contributed by atoms with Gasteiger partial charge in [0.05, 0.1) is 13.2 Å². The van der Waals surface area contributed by atoms with Gasteiger partial charge in [-0.15, -0.1) is 0 Å². The first-order chi connectivity index (χ1) is 11.6. The lowest BCUT2D eigenvalue weighted by Crippen LogP contribution is -2.32. The lowest BCUT2D eigenvalue weighted by molar-refractivity contribution is 0.244. The Bertz CT molecular complexity index is 659. The van der Waals surface area contributed by atoms with Crippen LogP contribution in [0.25, 0.3) is 0 Å². The lowest BCUT2D eigenvalue weighted by Gasteiger charge is -2.19. The highest BCUT2D eigenvalue weighted by molar-refractivity contribution is 5.89. The second-order valence-corrected chi connectivity index (χ2v) is 5.61. The molecule has 2 aromatic carbocycles. The quantitative estimate of drug-likeness (QED) is 0.727. The van der Waals surface area contributed by atoms with Gasteiger partial charge in [-0.1, -0.05) is 30.3 Å². The molecule has 5 heteroatoms. The molecule has 128 valence electrons. The first-order valence-electron chi connectivity index (χ1n) is 8.02. The first kappa shape index (κ1) is 17.8. The standard InChI is InChI=1S/C19H24N2O3/c1-14-13-16(10-11-18(14)24-2)20-19(23)21-17(9-6-12-22)15-7-4-3-5-8-15/h3-5,7-8,10-11,13,17,22H,6,9,12H2,1-2H3,(H2,20,21,23). The fraction of sp³-hybridized carbons (Fsp3) is 0.316. The lowest BCUT2D eigenvalue weighted by atomic mass is 10.0.